The molecule has 1 aliphatic heterocycles. The molecule has 1 aliphatic rings. The van der Waals surface area contributed by atoms with Crippen LogP contribution in [0.25, 0.3) is 0 Å². The average Bonchev–Trinajstić information content (AvgIpc) is 2.46. The Labute approximate surface area is 120 Å². The maximum Gasteiger partial charge on any atom is 0.0594 e. The van der Waals surface area contributed by atoms with E-state index in [1.807, 2.05) is 18.2 Å². The Balaban J connectivity index is 2.24. The van der Waals surface area contributed by atoms with Crippen molar-refractivity contribution in [2.24, 2.45) is 5.73 Å². The van der Waals surface area contributed by atoms with E-state index in [4.69, 9.17) is 22.1 Å². The highest BCUT2D eigenvalue weighted by atomic mass is 35.5. The molecule has 19 heavy (non-hydrogen) atoms. The highest BCUT2D eigenvalue weighted by Crippen LogP contribution is 2.33. The Morgan fingerprint density at radius 2 is 2.11 bits per heavy atom. The zero-order valence-electron chi connectivity index (χ0n) is 11.7. The van der Waals surface area contributed by atoms with E-state index < -0.39 is 0 Å². The molecule has 0 bridgehead atoms. The molecule has 106 valence electrons. The minimum Gasteiger partial charge on any atom is -0.379 e. The van der Waals surface area contributed by atoms with Crippen molar-refractivity contribution >= 4 is 11.6 Å². The van der Waals surface area contributed by atoms with Crippen LogP contribution in [0, 0.1) is 0 Å². The lowest BCUT2D eigenvalue weighted by atomic mass is 9.83. The van der Waals surface area contributed by atoms with Gasteiger partial charge < -0.3 is 10.5 Å². The third-order valence-corrected chi connectivity index (χ3v) is 4.56. The zero-order chi connectivity index (χ0) is 13.9. The number of ether oxygens (including phenoxy) is 1. The van der Waals surface area contributed by atoms with Gasteiger partial charge in [0.25, 0.3) is 0 Å². The molecule has 0 spiro atoms. The summed E-state index contributed by atoms with van der Waals surface area (Å²) in [5, 5.41) is 0.744. The van der Waals surface area contributed by atoms with Crippen molar-refractivity contribution in [3.8, 4) is 0 Å². The highest BCUT2D eigenvalue weighted by Gasteiger charge is 2.37. The quantitative estimate of drug-likeness (QED) is 0.923. The van der Waals surface area contributed by atoms with Crippen molar-refractivity contribution in [3.63, 3.8) is 0 Å². The van der Waals surface area contributed by atoms with E-state index in [2.05, 4.69) is 24.8 Å². The van der Waals surface area contributed by atoms with Crippen molar-refractivity contribution < 1.29 is 4.74 Å². The zero-order valence-corrected chi connectivity index (χ0v) is 12.5. The van der Waals surface area contributed by atoms with Gasteiger partial charge in [-0.05, 0) is 31.0 Å². The summed E-state index contributed by atoms with van der Waals surface area (Å²) in [6.07, 6.45) is 1.00. The standard InChI is InChI=1S/C15H23ClN2O/c1-3-15(2,18-7-9-19-10-8-18)14(17)12-5-4-6-13(16)11-12/h4-6,11,14H,3,7-10,17H2,1-2H3. The maximum atomic E-state index is 6.54. The van der Waals surface area contributed by atoms with Gasteiger partial charge in [0, 0.05) is 29.7 Å². The van der Waals surface area contributed by atoms with Gasteiger partial charge in [0.2, 0.25) is 0 Å². The molecule has 0 aliphatic carbocycles. The van der Waals surface area contributed by atoms with Gasteiger partial charge in [0.05, 0.1) is 13.2 Å². The highest BCUT2D eigenvalue weighted by molar-refractivity contribution is 6.30. The predicted octanol–water partition coefficient (Wildman–Crippen LogP) is 2.84. The van der Waals surface area contributed by atoms with Crippen LogP contribution in [0.4, 0.5) is 0 Å². The van der Waals surface area contributed by atoms with Gasteiger partial charge in [0.15, 0.2) is 0 Å². The summed E-state index contributed by atoms with van der Waals surface area (Å²) in [6, 6.07) is 7.84. The van der Waals surface area contributed by atoms with Crippen LogP contribution in [0.1, 0.15) is 31.9 Å². The van der Waals surface area contributed by atoms with Crippen LogP contribution >= 0.6 is 11.6 Å². The molecule has 2 rings (SSSR count). The average molecular weight is 283 g/mol. The molecule has 2 N–H and O–H groups in total. The van der Waals surface area contributed by atoms with Crippen molar-refractivity contribution in [2.75, 3.05) is 26.3 Å². The van der Waals surface area contributed by atoms with E-state index >= 15 is 0 Å². The number of hydrogen-bond donors (Lipinski definition) is 1. The molecule has 1 aromatic rings. The molecule has 0 amide bonds. The number of morpholine rings is 1. The Morgan fingerprint density at radius 3 is 2.68 bits per heavy atom. The van der Waals surface area contributed by atoms with E-state index in [9.17, 15) is 0 Å². The monoisotopic (exact) mass is 282 g/mol. The fraction of sp³-hybridized carbons (Fsp3) is 0.600. The Morgan fingerprint density at radius 1 is 1.42 bits per heavy atom. The van der Waals surface area contributed by atoms with Gasteiger partial charge in [-0.3, -0.25) is 4.90 Å². The third-order valence-electron chi connectivity index (χ3n) is 4.33. The summed E-state index contributed by atoms with van der Waals surface area (Å²) >= 11 is 6.08. The van der Waals surface area contributed by atoms with Gasteiger partial charge in [-0.15, -0.1) is 0 Å². The molecular weight excluding hydrogens is 260 g/mol. The minimum absolute atomic E-state index is 0.0469. The summed E-state index contributed by atoms with van der Waals surface area (Å²) in [5.74, 6) is 0. The second-order valence-corrected chi connectivity index (χ2v) is 5.78. The smallest absolute Gasteiger partial charge is 0.0594 e. The molecule has 1 heterocycles. The van der Waals surface area contributed by atoms with Crippen LogP contribution in [-0.2, 0) is 4.74 Å². The van der Waals surface area contributed by atoms with Crippen LogP contribution in [0.5, 0.6) is 0 Å². The molecule has 2 atom stereocenters. The summed E-state index contributed by atoms with van der Waals surface area (Å²) in [5.41, 5.74) is 7.58. The molecule has 1 aromatic carbocycles. The van der Waals surface area contributed by atoms with E-state index in [0.29, 0.717) is 0 Å². The molecule has 4 heteroatoms. The van der Waals surface area contributed by atoms with E-state index in [1.165, 1.54) is 0 Å². The van der Waals surface area contributed by atoms with Crippen LogP contribution in [0.3, 0.4) is 0 Å². The Hall–Kier alpha value is -0.610. The number of hydrogen-bond acceptors (Lipinski definition) is 3. The van der Waals surface area contributed by atoms with Crippen LogP contribution in [-0.4, -0.2) is 36.7 Å². The van der Waals surface area contributed by atoms with Crippen LogP contribution < -0.4 is 5.73 Å². The summed E-state index contributed by atoms with van der Waals surface area (Å²) in [6.45, 7) is 7.90. The Kier molecular flexibility index (Phi) is 4.85. The second-order valence-electron chi connectivity index (χ2n) is 5.34. The van der Waals surface area contributed by atoms with Crippen molar-refractivity contribution in [1.82, 2.24) is 4.90 Å². The molecule has 0 saturated carbocycles. The van der Waals surface area contributed by atoms with Gasteiger partial charge in [-0.2, -0.15) is 0 Å². The first kappa shape index (κ1) is 14.8. The van der Waals surface area contributed by atoms with Crippen LogP contribution in [0.2, 0.25) is 5.02 Å². The lowest BCUT2D eigenvalue weighted by Gasteiger charge is -2.46. The van der Waals surface area contributed by atoms with Crippen molar-refractivity contribution in [2.45, 2.75) is 31.8 Å². The number of halogens is 1. The first-order chi connectivity index (χ1) is 9.08. The lowest BCUT2D eigenvalue weighted by Crippen LogP contribution is -2.56. The molecule has 0 aromatic heterocycles. The van der Waals surface area contributed by atoms with Crippen molar-refractivity contribution in [3.05, 3.63) is 34.9 Å². The third kappa shape index (κ3) is 3.11. The fourth-order valence-corrected chi connectivity index (χ4v) is 2.97. The number of nitrogens with two attached hydrogens (primary N) is 1. The SMILES string of the molecule is CCC(C)(C(N)c1cccc(Cl)c1)N1CCOCC1. The van der Waals surface area contributed by atoms with E-state index in [-0.39, 0.29) is 11.6 Å². The summed E-state index contributed by atoms with van der Waals surface area (Å²) in [7, 11) is 0. The van der Waals surface area contributed by atoms with Gasteiger partial charge in [-0.1, -0.05) is 30.7 Å². The van der Waals surface area contributed by atoms with Crippen molar-refractivity contribution in [1.29, 1.82) is 0 Å². The fourth-order valence-electron chi connectivity index (χ4n) is 2.77. The normalized spacial score (nSPS) is 21.9. The Bertz CT molecular complexity index is 420. The lowest BCUT2D eigenvalue weighted by molar-refractivity contribution is -0.0277. The second kappa shape index (κ2) is 6.23. The minimum atomic E-state index is -0.0610. The van der Waals surface area contributed by atoms with Gasteiger partial charge in [0.1, 0.15) is 0 Å². The summed E-state index contributed by atoms with van der Waals surface area (Å²) in [4.78, 5) is 2.45. The molecular formula is C15H23ClN2O. The number of nitrogens with zero attached hydrogens (tertiary/aromatic N) is 1. The number of benzene rings is 1. The van der Waals surface area contributed by atoms with Crippen LogP contribution in [0.15, 0.2) is 24.3 Å². The van der Waals surface area contributed by atoms with Gasteiger partial charge in [-0.25, -0.2) is 0 Å². The molecule has 1 saturated heterocycles. The molecule has 2 unspecified atom stereocenters. The predicted molar refractivity (Wildman–Crippen MR) is 79.5 cm³/mol. The molecule has 1 fully saturated rings. The molecule has 0 radical (unpaired) electrons. The van der Waals surface area contributed by atoms with Gasteiger partial charge >= 0.3 is 0 Å². The first-order valence-electron chi connectivity index (χ1n) is 6.92. The number of rotatable bonds is 4. The largest absolute Gasteiger partial charge is 0.379 e. The maximum absolute atomic E-state index is 6.54. The summed E-state index contributed by atoms with van der Waals surface area (Å²) < 4.78 is 5.44. The first-order valence-corrected chi connectivity index (χ1v) is 7.29. The topological polar surface area (TPSA) is 38.5 Å². The van der Waals surface area contributed by atoms with E-state index in [0.717, 1.165) is 43.3 Å². The molecule has 3 nitrogen and oxygen atoms in total. The van der Waals surface area contributed by atoms with E-state index in [1.54, 1.807) is 0 Å².